The van der Waals surface area contributed by atoms with Crippen LogP contribution in [0.3, 0.4) is 0 Å². The van der Waals surface area contributed by atoms with Crippen molar-refractivity contribution in [3.05, 3.63) is 64.9 Å². The van der Waals surface area contributed by atoms with Crippen LogP contribution in [0.1, 0.15) is 17.0 Å². The summed E-state index contributed by atoms with van der Waals surface area (Å²) in [7, 11) is 0. The molecule has 5 rings (SSSR count). The number of hydrogen-bond donors (Lipinski definition) is 1. The number of piperidine rings is 1. The number of halogens is 2. The van der Waals surface area contributed by atoms with Crippen LogP contribution < -0.4 is 10.6 Å². The number of anilines is 1. The van der Waals surface area contributed by atoms with Crippen LogP contribution in [0.2, 0.25) is 0 Å². The molecule has 4 aromatic rings. The van der Waals surface area contributed by atoms with Crippen molar-refractivity contribution in [2.24, 2.45) is 5.73 Å². The molecular formula is C23H23F2N5S. The standard InChI is InChI=1S/C23H23F2N5S/c1-14-21(31-22(27-14)15-5-3-2-4-6-15)13-30-20-11-16(24)7-8-19(20)28-23(30)29-10-9-17(25)18(26)12-29/h2-8,11,17-18H,9-10,12-13,26H2,1H3/t17?,18-/m1/s1. The summed E-state index contributed by atoms with van der Waals surface area (Å²) in [4.78, 5) is 12.6. The summed E-state index contributed by atoms with van der Waals surface area (Å²) in [6.07, 6.45) is -0.653. The lowest BCUT2D eigenvalue weighted by Crippen LogP contribution is -2.50. The molecule has 1 unspecified atom stereocenters. The van der Waals surface area contributed by atoms with Crippen LogP contribution in [0.4, 0.5) is 14.7 Å². The van der Waals surface area contributed by atoms with Gasteiger partial charge in [-0.3, -0.25) is 0 Å². The number of aryl methyl sites for hydroxylation is 1. The summed E-state index contributed by atoms with van der Waals surface area (Å²) in [6.45, 7) is 3.40. The summed E-state index contributed by atoms with van der Waals surface area (Å²) in [5.74, 6) is 0.377. The van der Waals surface area contributed by atoms with Crippen LogP contribution in [0.5, 0.6) is 0 Å². The van der Waals surface area contributed by atoms with Gasteiger partial charge in [0.05, 0.1) is 29.3 Å². The Bertz CT molecular complexity index is 1220. The highest BCUT2D eigenvalue weighted by Gasteiger charge is 2.29. The van der Waals surface area contributed by atoms with Crippen molar-refractivity contribution >= 4 is 28.3 Å². The Labute approximate surface area is 183 Å². The lowest BCUT2D eigenvalue weighted by atomic mass is 10.1. The number of imidazole rings is 1. The second-order valence-corrected chi connectivity index (χ2v) is 9.02. The number of nitrogens with zero attached hydrogens (tertiary/aromatic N) is 4. The van der Waals surface area contributed by atoms with Gasteiger partial charge >= 0.3 is 0 Å². The molecule has 2 aromatic carbocycles. The Kier molecular flexibility index (Phi) is 5.19. The molecule has 2 atom stereocenters. The molecule has 160 valence electrons. The average Bonchev–Trinajstić information content (AvgIpc) is 3.31. The first-order valence-corrected chi connectivity index (χ1v) is 11.1. The van der Waals surface area contributed by atoms with Crippen molar-refractivity contribution < 1.29 is 8.78 Å². The first-order valence-electron chi connectivity index (χ1n) is 10.3. The van der Waals surface area contributed by atoms with Gasteiger partial charge in [-0.05, 0) is 31.5 Å². The van der Waals surface area contributed by atoms with E-state index in [9.17, 15) is 8.78 Å². The molecule has 1 saturated heterocycles. The molecule has 2 aromatic heterocycles. The van der Waals surface area contributed by atoms with Crippen molar-refractivity contribution in [2.75, 3.05) is 18.0 Å². The summed E-state index contributed by atoms with van der Waals surface area (Å²) >= 11 is 1.62. The van der Waals surface area contributed by atoms with Gasteiger partial charge < -0.3 is 15.2 Å². The predicted octanol–water partition coefficient (Wildman–Crippen LogP) is 4.53. The van der Waals surface area contributed by atoms with E-state index in [2.05, 4.69) is 0 Å². The number of alkyl halides is 1. The van der Waals surface area contributed by atoms with Gasteiger partial charge in [-0.2, -0.15) is 0 Å². The number of fused-ring (bicyclic) bond motifs is 1. The van der Waals surface area contributed by atoms with E-state index in [4.69, 9.17) is 15.7 Å². The summed E-state index contributed by atoms with van der Waals surface area (Å²) in [6, 6.07) is 14.1. The zero-order valence-electron chi connectivity index (χ0n) is 17.1. The van der Waals surface area contributed by atoms with Crippen LogP contribution in [0.25, 0.3) is 21.6 Å². The molecule has 2 N–H and O–H groups in total. The Balaban J connectivity index is 1.56. The van der Waals surface area contributed by atoms with Crippen molar-refractivity contribution in [1.29, 1.82) is 0 Å². The van der Waals surface area contributed by atoms with E-state index in [-0.39, 0.29) is 5.82 Å². The van der Waals surface area contributed by atoms with Crippen molar-refractivity contribution in [3.63, 3.8) is 0 Å². The molecule has 5 nitrogen and oxygen atoms in total. The molecule has 0 amide bonds. The van der Waals surface area contributed by atoms with Crippen LogP contribution >= 0.6 is 11.3 Å². The molecule has 1 fully saturated rings. The summed E-state index contributed by atoms with van der Waals surface area (Å²) < 4.78 is 30.0. The lowest BCUT2D eigenvalue weighted by molar-refractivity contribution is 0.243. The van der Waals surface area contributed by atoms with E-state index in [1.807, 2.05) is 46.7 Å². The Morgan fingerprint density at radius 1 is 1.16 bits per heavy atom. The van der Waals surface area contributed by atoms with E-state index in [0.717, 1.165) is 21.1 Å². The normalized spacial score (nSPS) is 19.3. The highest BCUT2D eigenvalue weighted by molar-refractivity contribution is 7.15. The van der Waals surface area contributed by atoms with Gasteiger partial charge in [0.2, 0.25) is 5.95 Å². The van der Waals surface area contributed by atoms with Crippen LogP contribution in [-0.2, 0) is 6.54 Å². The Morgan fingerprint density at radius 2 is 1.97 bits per heavy atom. The fourth-order valence-electron chi connectivity index (χ4n) is 4.04. The molecule has 0 bridgehead atoms. The van der Waals surface area contributed by atoms with E-state index < -0.39 is 12.2 Å². The molecule has 0 saturated carbocycles. The minimum Gasteiger partial charge on any atom is -0.340 e. The first kappa shape index (κ1) is 20.1. The minimum atomic E-state index is -1.01. The largest absolute Gasteiger partial charge is 0.340 e. The number of thiazole rings is 1. The third-order valence-corrected chi connectivity index (χ3v) is 6.95. The van der Waals surface area contributed by atoms with Crippen molar-refractivity contribution in [3.8, 4) is 10.6 Å². The fraction of sp³-hybridized carbons (Fsp3) is 0.304. The monoisotopic (exact) mass is 439 g/mol. The van der Waals surface area contributed by atoms with Gasteiger partial charge in [0.15, 0.2) is 0 Å². The van der Waals surface area contributed by atoms with Crippen molar-refractivity contribution in [1.82, 2.24) is 14.5 Å². The Hall–Kier alpha value is -2.84. The third kappa shape index (κ3) is 3.81. The number of hydrogen-bond acceptors (Lipinski definition) is 5. The summed E-state index contributed by atoms with van der Waals surface area (Å²) in [5, 5.41) is 0.950. The molecule has 0 radical (unpaired) electrons. The minimum absolute atomic E-state index is 0.314. The highest BCUT2D eigenvalue weighted by Crippen LogP contribution is 2.32. The molecule has 0 spiro atoms. The first-order chi connectivity index (χ1) is 15.0. The second kappa shape index (κ2) is 8.01. The van der Waals surface area contributed by atoms with Gasteiger partial charge in [0.1, 0.15) is 17.0 Å². The average molecular weight is 440 g/mol. The number of aromatic nitrogens is 3. The Morgan fingerprint density at radius 3 is 2.74 bits per heavy atom. The summed E-state index contributed by atoms with van der Waals surface area (Å²) in [5.41, 5.74) is 9.42. The fourth-order valence-corrected chi connectivity index (χ4v) is 5.09. The smallest absolute Gasteiger partial charge is 0.206 e. The van der Waals surface area contributed by atoms with Gasteiger partial charge in [0.25, 0.3) is 0 Å². The van der Waals surface area contributed by atoms with Gasteiger partial charge in [-0.1, -0.05) is 30.3 Å². The maximum Gasteiger partial charge on any atom is 0.206 e. The maximum atomic E-state index is 14.1. The molecule has 0 aliphatic carbocycles. The van der Waals surface area contributed by atoms with E-state index >= 15 is 0 Å². The van der Waals surface area contributed by atoms with Crippen molar-refractivity contribution in [2.45, 2.75) is 32.1 Å². The van der Waals surface area contributed by atoms with E-state index in [1.54, 1.807) is 17.4 Å². The SMILES string of the molecule is Cc1nc(-c2ccccc2)sc1Cn1c(N2CCC(F)[C@H](N)C2)nc2ccc(F)cc21. The van der Waals surface area contributed by atoms with Crippen LogP contribution in [-0.4, -0.2) is 39.8 Å². The predicted molar refractivity (Wildman–Crippen MR) is 121 cm³/mol. The molecule has 1 aliphatic rings. The molecule has 8 heteroatoms. The number of benzene rings is 2. The molecule has 3 heterocycles. The van der Waals surface area contributed by atoms with Gasteiger partial charge in [-0.25, -0.2) is 18.7 Å². The van der Waals surface area contributed by atoms with Crippen LogP contribution in [0.15, 0.2) is 48.5 Å². The van der Waals surface area contributed by atoms with E-state index in [0.29, 0.717) is 43.0 Å². The lowest BCUT2D eigenvalue weighted by Gasteiger charge is -2.34. The zero-order valence-corrected chi connectivity index (χ0v) is 17.9. The quantitative estimate of drug-likeness (QED) is 0.508. The number of rotatable bonds is 4. The molecular weight excluding hydrogens is 416 g/mol. The van der Waals surface area contributed by atoms with Crippen LogP contribution in [0, 0.1) is 12.7 Å². The third-order valence-electron chi connectivity index (χ3n) is 5.76. The van der Waals surface area contributed by atoms with Gasteiger partial charge in [-0.15, -0.1) is 11.3 Å². The highest BCUT2D eigenvalue weighted by atomic mass is 32.1. The second-order valence-electron chi connectivity index (χ2n) is 7.94. The zero-order chi connectivity index (χ0) is 21.5. The van der Waals surface area contributed by atoms with Gasteiger partial charge in [0, 0.05) is 23.5 Å². The number of nitrogens with two attached hydrogens (primary N) is 1. The van der Waals surface area contributed by atoms with E-state index in [1.165, 1.54) is 12.1 Å². The molecule has 1 aliphatic heterocycles. The topological polar surface area (TPSA) is 60.0 Å². The molecule has 31 heavy (non-hydrogen) atoms. The maximum absolute atomic E-state index is 14.1.